The van der Waals surface area contributed by atoms with E-state index in [9.17, 15) is 9.59 Å². The number of carbonyl (C=O) groups excluding carboxylic acids is 2. The first-order valence-electron chi connectivity index (χ1n) is 11.0. The molecule has 0 spiro atoms. The lowest BCUT2D eigenvalue weighted by Gasteiger charge is -2.35. The average Bonchev–Trinajstić information content (AvgIpc) is 2.82. The third-order valence-electron chi connectivity index (χ3n) is 5.89. The van der Waals surface area contributed by atoms with E-state index in [1.807, 2.05) is 60.7 Å². The van der Waals surface area contributed by atoms with Crippen LogP contribution in [0.15, 0.2) is 65.7 Å². The Balaban J connectivity index is 1.51. The molecule has 0 saturated carbocycles. The molecule has 2 aliphatic heterocycles. The number of amidine groups is 1. The third-order valence-corrected chi connectivity index (χ3v) is 5.89. The van der Waals surface area contributed by atoms with Crippen LogP contribution in [0.4, 0.5) is 5.69 Å². The van der Waals surface area contributed by atoms with Crippen LogP contribution in [0.5, 0.6) is 0 Å². The molecule has 2 unspecified atom stereocenters. The Bertz CT molecular complexity index is 957. The Kier molecular flexibility index (Phi) is 6.82. The van der Waals surface area contributed by atoms with Crippen molar-refractivity contribution in [3.8, 4) is 0 Å². The summed E-state index contributed by atoms with van der Waals surface area (Å²) < 4.78 is 0. The van der Waals surface area contributed by atoms with E-state index < -0.39 is 6.04 Å². The number of likely N-dealkylation sites (N-methyl/N-ethyl adjacent to an activating group) is 1. The monoisotopic (exact) mass is 434 g/mol. The number of anilines is 1. The van der Waals surface area contributed by atoms with Gasteiger partial charge in [-0.15, -0.1) is 0 Å². The van der Waals surface area contributed by atoms with Crippen molar-refractivity contribution in [1.82, 2.24) is 20.5 Å². The minimum Gasteiger partial charge on any atom is -0.341 e. The van der Waals surface area contributed by atoms with Crippen LogP contribution in [0.25, 0.3) is 0 Å². The lowest BCUT2D eigenvalue weighted by Crippen LogP contribution is -2.58. The first-order chi connectivity index (χ1) is 15.5. The summed E-state index contributed by atoms with van der Waals surface area (Å²) in [7, 11) is 2.13. The fraction of sp³-hybridized carbons (Fsp3) is 0.375. The minimum absolute atomic E-state index is 0.139. The lowest BCUT2D eigenvalue weighted by molar-refractivity contribution is -0.120. The summed E-state index contributed by atoms with van der Waals surface area (Å²) in [5, 5.41) is 4.54. The van der Waals surface area contributed by atoms with Gasteiger partial charge in [-0.05, 0) is 31.7 Å². The molecule has 1 saturated heterocycles. The summed E-state index contributed by atoms with van der Waals surface area (Å²) in [5.41, 5.74) is 4.63. The van der Waals surface area contributed by atoms with Crippen molar-refractivity contribution < 1.29 is 9.59 Å². The van der Waals surface area contributed by atoms with Gasteiger partial charge >= 0.3 is 0 Å². The number of aliphatic imine (C=N–C) groups is 1. The van der Waals surface area contributed by atoms with Crippen LogP contribution in [-0.2, 0) is 9.59 Å². The third kappa shape index (κ3) is 5.15. The van der Waals surface area contributed by atoms with Crippen LogP contribution in [0, 0.1) is 0 Å². The van der Waals surface area contributed by atoms with Crippen LogP contribution in [0.1, 0.15) is 18.5 Å². The molecule has 2 atom stereocenters. The van der Waals surface area contributed by atoms with Gasteiger partial charge in [-0.1, -0.05) is 48.5 Å². The second-order valence-corrected chi connectivity index (χ2v) is 8.32. The number of para-hydroxylation sites is 1. The summed E-state index contributed by atoms with van der Waals surface area (Å²) >= 11 is 0. The minimum atomic E-state index is -0.648. The zero-order valence-corrected chi connectivity index (χ0v) is 18.6. The highest BCUT2D eigenvalue weighted by Gasteiger charge is 2.32. The molecule has 2 aliphatic rings. The maximum absolute atomic E-state index is 13.2. The zero-order chi connectivity index (χ0) is 22.5. The average molecular weight is 435 g/mol. The molecule has 2 amide bonds. The second-order valence-electron chi connectivity index (χ2n) is 8.32. The lowest BCUT2D eigenvalue weighted by atomic mass is 10.1. The smallest absolute Gasteiger partial charge is 0.288 e. The van der Waals surface area contributed by atoms with Gasteiger partial charge in [-0.25, -0.2) is 10.0 Å². The molecule has 32 heavy (non-hydrogen) atoms. The van der Waals surface area contributed by atoms with Gasteiger partial charge in [0.05, 0.1) is 11.7 Å². The van der Waals surface area contributed by atoms with Crippen molar-refractivity contribution in [2.45, 2.75) is 19.0 Å². The van der Waals surface area contributed by atoms with Gasteiger partial charge in [0.15, 0.2) is 0 Å². The number of nitrogens with one attached hydrogen (secondary N) is 2. The van der Waals surface area contributed by atoms with E-state index in [0.29, 0.717) is 12.2 Å². The van der Waals surface area contributed by atoms with E-state index in [0.717, 1.165) is 31.7 Å². The molecule has 168 valence electrons. The highest BCUT2D eigenvalue weighted by Crippen LogP contribution is 2.18. The van der Waals surface area contributed by atoms with Crippen molar-refractivity contribution in [3.05, 3.63) is 66.2 Å². The molecule has 4 rings (SSSR count). The number of hydrazine groups is 1. The Labute approximate surface area is 188 Å². The maximum Gasteiger partial charge on any atom is 0.288 e. The normalized spacial score (nSPS) is 20.9. The maximum atomic E-state index is 13.2. The quantitative estimate of drug-likeness (QED) is 0.719. The molecule has 2 N–H and O–H groups in total. The van der Waals surface area contributed by atoms with Gasteiger partial charge in [-0.2, -0.15) is 0 Å². The number of amides is 2. The summed E-state index contributed by atoms with van der Waals surface area (Å²) in [6.45, 7) is 6.36. The number of hydrogen-bond acceptors (Lipinski definition) is 6. The molecule has 2 aromatic rings. The van der Waals surface area contributed by atoms with Gasteiger partial charge in [0, 0.05) is 32.7 Å². The molecule has 0 radical (unpaired) electrons. The van der Waals surface area contributed by atoms with Gasteiger partial charge < -0.3 is 10.2 Å². The topological polar surface area (TPSA) is 80.3 Å². The van der Waals surface area contributed by atoms with Crippen molar-refractivity contribution >= 4 is 23.3 Å². The van der Waals surface area contributed by atoms with Crippen LogP contribution >= 0.6 is 0 Å². The Morgan fingerprint density at radius 2 is 1.69 bits per heavy atom. The zero-order valence-electron chi connectivity index (χ0n) is 18.6. The summed E-state index contributed by atoms with van der Waals surface area (Å²) in [4.78, 5) is 34.9. The summed E-state index contributed by atoms with van der Waals surface area (Å²) in [6.07, 6.45) is 0. The van der Waals surface area contributed by atoms with Crippen molar-refractivity contribution in [2.24, 2.45) is 4.99 Å². The molecule has 8 heteroatoms. The molecular weight excluding hydrogens is 404 g/mol. The van der Waals surface area contributed by atoms with Crippen molar-refractivity contribution in [1.29, 1.82) is 0 Å². The molecular formula is C24H30N6O2. The number of benzene rings is 2. The Morgan fingerprint density at radius 1 is 1.06 bits per heavy atom. The number of piperazine rings is 1. The van der Waals surface area contributed by atoms with Gasteiger partial charge in [0.25, 0.3) is 11.8 Å². The number of nitrogens with zero attached hydrogens (tertiary/aromatic N) is 4. The molecule has 1 fully saturated rings. The number of rotatable bonds is 6. The second kappa shape index (κ2) is 9.93. The van der Waals surface area contributed by atoms with E-state index in [1.54, 1.807) is 6.92 Å². The van der Waals surface area contributed by atoms with Crippen molar-refractivity contribution in [3.63, 3.8) is 0 Å². The van der Waals surface area contributed by atoms with Crippen molar-refractivity contribution in [2.75, 3.05) is 44.8 Å². The molecule has 0 bridgehead atoms. The fourth-order valence-corrected chi connectivity index (χ4v) is 3.94. The highest BCUT2D eigenvalue weighted by atomic mass is 16.2. The van der Waals surface area contributed by atoms with Gasteiger partial charge in [-0.3, -0.25) is 19.9 Å². The molecule has 2 aromatic carbocycles. The van der Waals surface area contributed by atoms with Gasteiger partial charge in [0.1, 0.15) is 6.04 Å². The number of carbonyl (C=O) groups is 2. The predicted octanol–water partition coefficient (Wildman–Crippen LogP) is 1.43. The predicted molar refractivity (Wildman–Crippen MR) is 125 cm³/mol. The first kappa shape index (κ1) is 22.0. The van der Waals surface area contributed by atoms with E-state index >= 15 is 0 Å². The summed E-state index contributed by atoms with van der Waals surface area (Å²) in [5.74, 6) is -0.390. The van der Waals surface area contributed by atoms with E-state index in [1.165, 1.54) is 5.01 Å². The fourth-order valence-electron chi connectivity index (χ4n) is 3.94. The molecule has 0 aromatic heterocycles. The molecule has 2 heterocycles. The number of hydrogen-bond donors (Lipinski definition) is 2. The van der Waals surface area contributed by atoms with Crippen LogP contribution in [0.2, 0.25) is 0 Å². The van der Waals surface area contributed by atoms with Crippen LogP contribution in [0.3, 0.4) is 0 Å². The van der Waals surface area contributed by atoms with E-state index in [4.69, 9.17) is 0 Å². The molecule has 8 nitrogen and oxygen atoms in total. The Hall–Kier alpha value is -3.23. The first-order valence-corrected chi connectivity index (χ1v) is 11.0. The van der Waals surface area contributed by atoms with E-state index in [2.05, 4.69) is 32.6 Å². The van der Waals surface area contributed by atoms with Crippen LogP contribution in [-0.4, -0.2) is 73.3 Å². The van der Waals surface area contributed by atoms with E-state index in [-0.39, 0.29) is 23.7 Å². The standard InChI is InChI=1S/C24H30N6O2/c1-18-24(32)30(20-11-7-4-8-12-20)27-22(25-18)23(31)26-21(19-9-5-3-6-10-19)17-29-15-13-28(2)14-16-29/h3-12,18,21H,13-17H2,1-2H3,(H,25,27)(H,26,31). The van der Waals surface area contributed by atoms with Crippen LogP contribution < -0.4 is 15.8 Å². The SMILES string of the molecule is CC1N=C(C(=O)NC(CN2CCN(C)CC2)c2ccccc2)NN(c2ccccc2)C1=O. The Morgan fingerprint density at radius 3 is 2.34 bits per heavy atom. The summed E-state index contributed by atoms with van der Waals surface area (Å²) in [6, 6.07) is 18.4. The van der Waals surface area contributed by atoms with Gasteiger partial charge in [0.2, 0.25) is 5.84 Å². The largest absolute Gasteiger partial charge is 0.341 e. The molecule has 0 aliphatic carbocycles. The highest BCUT2D eigenvalue weighted by molar-refractivity contribution is 6.39.